The second kappa shape index (κ2) is 5.30. The SMILES string of the molecule is CSC(C)OC1C2(C(C)C)OC2C2OC23C2(C)CCC4=C(COC4=O)C2CC2OC213. The van der Waals surface area contributed by atoms with E-state index in [1.807, 2.05) is 0 Å². The number of thioether (sulfide) groups is 1. The molecule has 0 bridgehead atoms. The summed E-state index contributed by atoms with van der Waals surface area (Å²) >= 11 is 1.72. The summed E-state index contributed by atoms with van der Waals surface area (Å²) in [5, 5.41) is 0. The van der Waals surface area contributed by atoms with Gasteiger partial charge in [-0.05, 0) is 49.9 Å². The Morgan fingerprint density at radius 3 is 2.70 bits per heavy atom. The fraction of sp³-hybridized carbons (Fsp3) is 0.870. The molecule has 10 unspecified atom stereocenters. The number of ether oxygens (including phenoxy) is 5. The number of hydrogen-bond acceptors (Lipinski definition) is 7. The van der Waals surface area contributed by atoms with Gasteiger partial charge in [0.2, 0.25) is 0 Å². The van der Waals surface area contributed by atoms with Crippen molar-refractivity contribution in [3.05, 3.63) is 11.1 Å². The molecule has 2 spiro atoms. The van der Waals surface area contributed by atoms with Gasteiger partial charge in [-0.1, -0.05) is 20.8 Å². The number of rotatable bonds is 4. The molecule has 7 rings (SSSR count). The van der Waals surface area contributed by atoms with E-state index in [1.54, 1.807) is 11.8 Å². The number of fused-ring (bicyclic) bond motifs is 4. The van der Waals surface area contributed by atoms with Gasteiger partial charge < -0.3 is 23.7 Å². The predicted molar refractivity (Wildman–Crippen MR) is 109 cm³/mol. The van der Waals surface area contributed by atoms with E-state index in [2.05, 4.69) is 34.0 Å². The lowest BCUT2D eigenvalue weighted by Crippen LogP contribution is -2.70. The Morgan fingerprint density at radius 2 is 1.97 bits per heavy atom. The van der Waals surface area contributed by atoms with Crippen molar-refractivity contribution >= 4 is 17.7 Å². The fourth-order valence-corrected chi connectivity index (χ4v) is 8.34. The smallest absolute Gasteiger partial charge is 0.334 e. The van der Waals surface area contributed by atoms with Gasteiger partial charge in [0, 0.05) is 11.0 Å². The Labute approximate surface area is 181 Å². The molecule has 4 aliphatic heterocycles. The van der Waals surface area contributed by atoms with E-state index in [1.165, 1.54) is 5.57 Å². The largest absolute Gasteiger partial charge is 0.458 e. The van der Waals surface area contributed by atoms with Crippen LogP contribution in [0.5, 0.6) is 0 Å². The first kappa shape index (κ1) is 18.9. The molecule has 6 nitrogen and oxygen atoms in total. The molecule has 0 N–H and O–H groups in total. The molecule has 0 aromatic rings. The summed E-state index contributed by atoms with van der Waals surface area (Å²) in [7, 11) is 0. The van der Waals surface area contributed by atoms with E-state index in [4.69, 9.17) is 23.7 Å². The van der Waals surface area contributed by atoms with Crippen LogP contribution in [-0.4, -0.2) is 65.5 Å². The van der Waals surface area contributed by atoms with Crippen LogP contribution in [0.25, 0.3) is 0 Å². The summed E-state index contributed by atoms with van der Waals surface area (Å²) in [5.41, 5.74) is 0.932. The van der Waals surface area contributed by atoms with Gasteiger partial charge in [-0.15, -0.1) is 11.8 Å². The van der Waals surface area contributed by atoms with E-state index < -0.39 is 5.60 Å². The van der Waals surface area contributed by atoms with Crippen molar-refractivity contribution in [1.29, 1.82) is 0 Å². The van der Waals surface area contributed by atoms with Gasteiger partial charge in [0.1, 0.15) is 41.6 Å². The predicted octanol–water partition coefficient (Wildman–Crippen LogP) is 2.84. The van der Waals surface area contributed by atoms with Crippen LogP contribution >= 0.6 is 11.8 Å². The van der Waals surface area contributed by atoms with Crippen LogP contribution in [-0.2, 0) is 28.5 Å². The number of carbonyl (C=O) groups is 1. The Hall–Kier alpha value is -0.600. The van der Waals surface area contributed by atoms with Gasteiger partial charge in [0.25, 0.3) is 0 Å². The van der Waals surface area contributed by atoms with Crippen LogP contribution in [0.4, 0.5) is 0 Å². The fourth-order valence-electron chi connectivity index (χ4n) is 8.12. The summed E-state index contributed by atoms with van der Waals surface area (Å²) in [4.78, 5) is 12.2. The van der Waals surface area contributed by atoms with Crippen LogP contribution in [0.1, 0.15) is 47.0 Å². The van der Waals surface area contributed by atoms with E-state index in [0.29, 0.717) is 12.5 Å². The van der Waals surface area contributed by atoms with Gasteiger partial charge in [-0.2, -0.15) is 0 Å². The zero-order valence-corrected chi connectivity index (χ0v) is 19.0. The number of esters is 1. The van der Waals surface area contributed by atoms with Crippen molar-refractivity contribution in [1.82, 2.24) is 0 Å². The monoisotopic (exact) mass is 434 g/mol. The minimum Gasteiger partial charge on any atom is -0.458 e. The van der Waals surface area contributed by atoms with Crippen molar-refractivity contribution in [2.24, 2.45) is 17.3 Å². The van der Waals surface area contributed by atoms with E-state index in [9.17, 15) is 4.79 Å². The van der Waals surface area contributed by atoms with Gasteiger partial charge >= 0.3 is 5.97 Å². The number of hydrogen-bond donors (Lipinski definition) is 0. The lowest BCUT2D eigenvalue weighted by atomic mass is 9.46. The molecule has 0 aromatic carbocycles. The molecule has 2 saturated carbocycles. The molecule has 5 fully saturated rings. The second-order valence-corrected chi connectivity index (χ2v) is 12.0. The van der Waals surface area contributed by atoms with Crippen molar-refractivity contribution in [3.63, 3.8) is 0 Å². The normalized spacial score (nSPS) is 57.4. The lowest BCUT2D eigenvalue weighted by molar-refractivity contribution is -0.136. The average Bonchev–Trinajstić information content (AvgIpc) is 3.61. The Balaban J connectivity index is 1.36. The lowest BCUT2D eigenvalue weighted by Gasteiger charge is -2.54. The van der Waals surface area contributed by atoms with Crippen molar-refractivity contribution in [2.45, 2.75) is 93.6 Å². The van der Waals surface area contributed by atoms with E-state index in [0.717, 1.165) is 24.8 Å². The highest BCUT2D eigenvalue weighted by molar-refractivity contribution is 7.99. The van der Waals surface area contributed by atoms with Crippen LogP contribution in [0.2, 0.25) is 0 Å². The van der Waals surface area contributed by atoms with Crippen LogP contribution < -0.4 is 0 Å². The quantitative estimate of drug-likeness (QED) is 0.383. The highest BCUT2D eigenvalue weighted by Crippen LogP contribution is 2.83. The summed E-state index contributed by atoms with van der Waals surface area (Å²) < 4.78 is 32.1. The first-order valence-corrected chi connectivity index (χ1v) is 12.7. The van der Waals surface area contributed by atoms with Gasteiger partial charge in [0.15, 0.2) is 5.60 Å². The zero-order chi connectivity index (χ0) is 20.8. The average molecular weight is 435 g/mol. The zero-order valence-electron chi connectivity index (χ0n) is 18.2. The second-order valence-electron chi connectivity index (χ2n) is 10.8. The highest BCUT2D eigenvalue weighted by Gasteiger charge is 3.00. The first-order valence-electron chi connectivity index (χ1n) is 11.4. The number of epoxide rings is 3. The third-order valence-electron chi connectivity index (χ3n) is 9.73. The minimum atomic E-state index is -0.439. The third-order valence-corrected chi connectivity index (χ3v) is 10.5. The van der Waals surface area contributed by atoms with E-state index in [-0.39, 0.29) is 58.4 Å². The van der Waals surface area contributed by atoms with Gasteiger partial charge in [-0.25, -0.2) is 4.79 Å². The van der Waals surface area contributed by atoms with Gasteiger partial charge in [-0.3, -0.25) is 0 Å². The molecule has 0 amide bonds. The van der Waals surface area contributed by atoms with Crippen molar-refractivity contribution < 1.29 is 28.5 Å². The molecule has 0 aromatic heterocycles. The summed E-state index contributed by atoms with van der Waals surface area (Å²) in [6, 6.07) is 0. The maximum Gasteiger partial charge on any atom is 0.334 e. The molecular weight excluding hydrogens is 404 g/mol. The molecule has 4 heterocycles. The minimum absolute atomic E-state index is 0.0577. The van der Waals surface area contributed by atoms with Crippen molar-refractivity contribution in [3.8, 4) is 0 Å². The molecule has 7 aliphatic rings. The topological polar surface area (TPSA) is 73.1 Å². The summed E-state index contributed by atoms with van der Waals surface area (Å²) in [6.07, 6.45) is 4.77. The third kappa shape index (κ3) is 1.72. The maximum atomic E-state index is 12.2. The molecule has 0 radical (unpaired) electrons. The number of cyclic esters (lactones) is 1. The molecule has 3 saturated heterocycles. The number of carbonyl (C=O) groups excluding carboxylic acids is 1. The standard InChI is InChI=1S/C23H30O6S/c1-10(2)21-16(28-21)17-23(29-17)20(4)7-6-12-13(9-25-18(12)24)14(20)8-15-22(23,27-15)19(21)26-11(3)30-5/h10-11,14-17,19H,6-9H2,1-5H3. The molecule has 30 heavy (non-hydrogen) atoms. The molecule has 3 aliphatic carbocycles. The van der Waals surface area contributed by atoms with Crippen LogP contribution in [0.15, 0.2) is 11.1 Å². The van der Waals surface area contributed by atoms with Crippen LogP contribution in [0.3, 0.4) is 0 Å². The van der Waals surface area contributed by atoms with E-state index >= 15 is 0 Å². The Bertz CT molecular complexity index is 902. The Morgan fingerprint density at radius 1 is 1.17 bits per heavy atom. The first-order chi connectivity index (χ1) is 14.3. The maximum absolute atomic E-state index is 12.2. The molecular formula is C23H30O6S. The highest BCUT2D eigenvalue weighted by atomic mass is 32.2. The summed E-state index contributed by atoms with van der Waals surface area (Å²) in [5.74, 6) is 0.478. The van der Waals surface area contributed by atoms with Crippen LogP contribution in [0, 0.1) is 17.3 Å². The molecule has 164 valence electrons. The molecule has 7 heteroatoms. The molecule has 10 atom stereocenters. The van der Waals surface area contributed by atoms with Crippen molar-refractivity contribution in [2.75, 3.05) is 12.9 Å². The summed E-state index contributed by atoms with van der Waals surface area (Å²) in [6.45, 7) is 9.38. The van der Waals surface area contributed by atoms with Gasteiger partial charge in [0.05, 0.1) is 6.10 Å². The Kier molecular flexibility index (Phi) is 3.35.